The normalized spacial score (nSPS) is 17.5. The molecule has 1 aromatic carbocycles. The monoisotopic (exact) mass is 275 g/mol. The molecule has 1 aromatic heterocycles. The third kappa shape index (κ3) is 2.37. The second kappa shape index (κ2) is 4.85. The molecule has 20 heavy (non-hydrogen) atoms. The molecule has 6 heteroatoms. The van der Waals surface area contributed by atoms with E-state index in [1.807, 2.05) is 0 Å². The fourth-order valence-corrected chi connectivity index (χ4v) is 2.99. The fraction of sp³-hybridized carbons (Fsp3) is 0.500. The molecule has 0 saturated heterocycles. The van der Waals surface area contributed by atoms with Gasteiger partial charge in [-0.05, 0) is 46.9 Å². The summed E-state index contributed by atoms with van der Waals surface area (Å²) in [6.45, 7) is 3.03. The van der Waals surface area contributed by atoms with E-state index >= 15 is 0 Å². The van der Waals surface area contributed by atoms with Crippen LogP contribution in [0.15, 0.2) is 18.2 Å². The first-order valence-corrected chi connectivity index (χ1v) is 6.89. The van der Waals surface area contributed by atoms with Crippen LogP contribution in [0, 0.1) is 11.2 Å². The van der Waals surface area contributed by atoms with Crippen molar-refractivity contribution in [1.29, 1.82) is 0 Å². The zero-order valence-corrected chi connectivity index (χ0v) is 11.5. The van der Waals surface area contributed by atoms with Crippen molar-refractivity contribution in [2.24, 2.45) is 5.41 Å². The van der Waals surface area contributed by atoms with Crippen LogP contribution in [0.5, 0.6) is 0 Å². The van der Waals surface area contributed by atoms with E-state index in [1.165, 1.54) is 37.8 Å². The summed E-state index contributed by atoms with van der Waals surface area (Å²) in [5.74, 6) is 0.253. The van der Waals surface area contributed by atoms with Crippen molar-refractivity contribution in [3.8, 4) is 11.4 Å². The second-order valence-electron chi connectivity index (χ2n) is 5.91. The van der Waals surface area contributed by atoms with Gasteiger partial charge in [-0.15, -0.1) is 5.10 Å². The van der Waals surface area contributed by atoms with E-state index in [9.17, 15) is 4.39 Å². The molecular weight excluding hydrogens is 257 g/mol. The van der Waals surface area contributed by atoms with Gasteiger partial charge in [-0.2, -0.15) is 0 Å². The lowest BCUT2D eigenvalue weighted by molar-refractivity contribution is 0.267. The Morgan fingerprint density at radius 3 is 2.80 bits per heavy atom. The molecule has 106 valence electrons. The predicted molar refractivity (Wildman–Crippen MR) is 74.2 cm³/mol. The molecule has 1 saturated carbocycles. The van der Waals surface area contributed by atoms with Crippen LogP contribution in [0.2, 0.25) is 0 Å². The van der Waals surface area contributed by atoms with Crippen molar-refractivity contribution < 1.29 is 4.39 Å². The summed E-state index contributed by atoms with van der Waals surface area (Å²) >= 11 is 0. The van der Waals surface area contributed by atoms with Crippen molar-refractivity contribution in [3.05, 3.63) is 24.0 Å². The van der Waals surface area contributed by atoms with Crippen LogP contribution < -0.4 is 5.73 Å². The smallest absolute Gasteiger partial charge is 0.184 e. The zero-order chi connectivity index (χ0) is 14.2. The third-order valence-electron chi connectivity index (χ3n) is 4.13. The van der Waals surface area contributed by atoms with Gasteiger partial charge in [0.1, 0.15) is 5.82 Å². The average Bonchev–Trinajstić information content (AvgIpc) is 3.00. The molecule has 0 aliphatic heterocycles. The Morgan fingerprint density at radius 2 is 2.10 bits per heavy atom. The van der Waals surface area contributed by atoms with E-state index in [1.54, 1.807) is 10.7 Å². The van der Waals surface area contributed by atoms with E-state index in [4.69, 9.17) is 5.73 Å². The first kappa shape index (κ1) is 13.0. The van der Waals surface area contributed by atoms with Gasteiger partial charge >= 0.3 is 0 Å². The van der Waals surface area contributed by atoms with Gasteiger partial charge in [0.25, 0.3) is 0 Å². The van der Waals surface area contributed by atoms with E-state index in [2.05, 4.69) is 22.4 Å². The van der Waals surface area contributed by atoms with Gasteiger partial charge in [-0.3, -0.25) is 0 Å². The standard InChI is InChI=1S/C14H18FN5/c1-14(6-2-3-7-14)9-20-13(17-18-19-20)11-5-4-10(15)8-12(11)16/h4-5,8H,2-3,6-7,9,16H2,1H3. The first-order valence-electron chi connectivity index (χ1n) is 6.89. The summed E-state index contributed by atoms with van der Waals surface area (Å²) in [5, 5.41) is 11.9. The highest BCUT2D eigenvalue weighted by Crippen LogP contribution is 2.39. The highest BCUT2D eigenvalue weighted by molar-refractivity contribution is 5.71. The van der Waals surface area contributed by atoms with Gasteiger partial charge in [0, 0.05) is 11.3 Å². The van der Waals surface area contributed by atoms with E-state index in [0.29, 0.717) is 17.1 Å². The molecule has 0 unspecified atom stereocenters. The Labute approximate surface area is 117 Å². The predicted octanol–water partition coefficient (Wildman–Crippen LogP) is 2.64. The molecule has 0 bridgehead atoms. The Morgan fingerprint density at radius 1 is 1.35 bits per heavy atom. The molecule has 0 amide bonds. The highest BCUT2D eigenvalue weighted by atomic mass is 19.1. The lowest BCUT2D eigenvalue weighted by Crippen LogP contribution is -2.21. The van der Waals surface area contributed by atoms with Gasteiger partial charge in [-0.1, -0.05) is 19.8 Å². The van der Waals surface area contributed by atoms with Crippen LogP contribution in [0.1, 0.15) is 32.6 Å². The van der Waals surface area contributed by atoms with Crippen LogP contribution in [-0.2, 0) is 6.54 Å². The van der Waals surface area contributed by atoms with Crippen LogP contribution >= 0.6 is 0 Å². The number of tetrazole rings is 1. The number of hydrogen-bond donors (Lipinski definition) is 1. The summed E-state index contributed by atoms with van der Waals surface area (Å²) in [5.41, 5.74) is 7.15. The van der Waals surface area contributed by atoms with E-state index in [0.717, 1.165) is 6.54 Å². The maximum absolute atomic E-state index is 13.1. The van der Waals surface area contributed by atoms with Crippen LogP contribution in [0.3, 0.4) is 0 Å². The van der Waals surface area contributed by atoms with E-state index in [-0.39, 0.29) is 11.2 Å². The van der Waals surface area contributed by atoms with Crippen molar-refractivity contribution in [2.45, 2.75) is 39.2 Å². The molecule has 1 fully saturated rings. The largest absolute Gasteiger partial charge is 0.398 e. The Hall–Kier alpha value is -1.98. The number of rotatable bonds is 3. The lowest BCUT2D eigenvalue weighted by atomic mass is 9.89. The van der Waals surface area contributed by atoms with E-state index < -0.39 is 0 Å². The third-order valence-corrected chi connectivity index (χ3v) is 4.13. The van der Waals surface area contributed by atoms with Crippen LogP contribution in [-0.4, -0.2) is 20.2 Å². The number of benzene rings is 1. The summed E-state index contributed by atoms with van der Waals surface area (Å²) in [6, 6.07) is 4.30. The van der Waals surface area contributed by atoms with Crippen molar-refractivity contribution >= 4 is 5.69 Å². The maximum atomic E-state index is 13.1. The van der Waals surface area contributed by atoms with Crippen molar-refractivity contribution in [3.63, 3.8) is 0 Å². The topological polar surface area (TPSA) is 69.6 Å². The average molecular weight is 275 g/mol. The maximum Gasteiger partial charge on any atom is 0.184 e. The van der Waals surface area contributed by atoms with Gasteiger partial charge in [0.15, 0.2) is 5.82 Å². The zero-order valence-electron chi connectivity index (χ0n) is 11.5. The van der Waals surface area contributed by atoms with Crippen molar-refractivity contribution in [1.82, 2.24) is 20.2 Å². The molecule has 1 aliphatic rings. The molecule has 0 radical (unpaired) electrons. The van der Waals surface area contributed by atoms with Gasteiger partial charge in [0.2, 0.25) is 0 Å². The number of nitrogens with two attached hydrogens (primary N) is 1. The fourth-order valence-electron chi connectivity index (χ4n) is 2.99. The Balaban J connectivity index is 1.93. The molecule has 2 N–H and O–H groups in total. The number of hydrogen-bond acceptors (Lipinski definition) is 4. The summed E-state index contributed by atoms with van der Waals surface area (Å²) in [4.78, 5) is 0. The molecule has 3 rings (SSSR count). The molecule has 0 atom stereocenters. The van der Waals surface area contributed by atoms with Gasteiger partial charge in [-0.25, -0.2) is 9.07 Å². The first-order chi connectivity index (χ1) is 9.57. The quantitative estimate of drug-likeness (QED) is 0.874. The minimum atomic E-state index is -0.354. The number of nitrogen functional groups attached to an aromatic ring is 1. The molecule has 1 heterocycles. The second-order valence-corrected chi connectivity index (χ2v) is 5.91. The van der Waals surface area contributed by atoms with Gasteiger partial charge in [0.05, 0.1) is 6.54 Å². The van der Waals surface area contributed by atoms with Gasteiger partial charge < -0.3 is 5.73 Å². The minimum absolute atomic E-state index is 0.235. The highest BCUT2D eigenvalue weighted by Gasteiger charge is 2.30. The SMILES string of the molecule is CC1(Cn2nnnc2-c2ccc(F)cc2N)CCCC1. The number of anilines is 1. The summed E-state index contributed by atoms with van der Waals surface area (Å²) in [6.07, 6.45) is 4.88. The lowest BCUT2D eigenvalue weighted by Gasteiger charge is -2.23. The van der Waals surface area contributed by atoms with Crippen molar-refractivity contribution in [2.75, 3.05) is 5.73 Å². The number of nitrogens with zero attached hydrogens (tertiary/aromatic N) is 4. The molecule has 0 spiro atoms. The Bertz CT molecular complexity index is 616. The molecule has 1 aliphatic carbocycles. The minimum Gasteiger partial charge on any atom is -0.398 e. The Kier molecular flexibility index (Phi) is 3.16. The number of aromatic nitrogens is 4. The molecular formula is C14H18FN5. The van der Waals surface area contributed by atoms with Crippen LogP contribution in [0.25, 0.3) is 11.4 Å². The number of halogens is 1. The molecule has 5 nitrogen and oxygen atoms in total. The van der Waals surface area contributed by atoms with Crippen LogP contribution in [0.4, 0.5) is 10.1 Å². The molecule has 2 aromatic rings. The summed E-state index contributed by atoms with van der Waals surface area (Å²) < 4.78 is 14.9. The summed E-state index contributed by atoms with van der Waals surface area (Å²) in [7, 11) is 0.